The Labute approximate surface area is 183 Å². The Balaban J connectivity index is 2.00. The number of ether oxygens (including phenoxy) is 1. The summed E-state index contributed by atoms with van der Waals surface area (Å²) in [5.74, 6) is -1.79. The van der Waals surface area contributed by atoms with Crippen molar-refractivity contribution in [3.63, 3.8) is 0 Å². The van der Waals surface area contributed by atoms with Crippen LogP contribution >= 0.6 is 0 Å². The van der Waals surface area contributed by atoms with Gasteiger partial charge in [0, 0.05) is 17.7 Å². The fourth-order valence-electron chi connectivity index (χ4n) is 3.79. The maximum Gasteiger partial charge on any atom is 0.300 e. The maximum absolute atomic E-state index is 13.2. The van der Waals surface area contributed by atoms with Gasteiger partial charge in [0.2, 0.25) is 0 Å². The second-order valence-electron chi connectivity index (χ2n) is 7.06. The number of aliphatic hydroxyl groups is 1. The van der Waals surface area contributed by atoms with Gasteiger partial charge in [-0.1, -0.05) is 54.6 Å². The molecule has 1 fully saturated rings. The summed E-state index contributed by atoms with van der Waals surface area (Å²) in [5.41, 5.74) is 0.601. The normalized spacial score (nSPS) is 17.4. The molecule has 0 saturated carbocycles. The van der Waals surface area contributed by atoms with Crippen LogP contribution in [0.2, 0.25) is 0 Å². The lowest BCUT2D eigenvalue weighted by Crippen LogP contribution is -2.29. The lowest BCUT2D eigenvalue weighted by Gasteiger charge is -2.26. The van der Waals surface area contributed by atoms with Crippen molar-refractivity contribution >= 4 is 28.8 Å². The fourth-order valence-corrected chi connectivity index (χ4v) is 3.79. The Morgan fingerprint density at radius 3 is 2.38 bits per heavy atom. The van der Waals surface area contributed by atoms with Crippen LogP contribution in [0.15, 0.2) is 84.4 Å². The number of carbonyl (C=O) groups excluding carboxylic acids is 2. The van der Waals surface area contributed by atoms with Crippen molar-refractivity contribution in [3.05, 3.63) is 106 Å². The number of hydrogen-bond acceptors (Lipinski definition) is 6. The minimum absolute atomic E-state index is 0.160. The van der Waals surface area contributed by atoms with Crippen molar-refractivity contribution in [1.82, 2.24) is 0 Å². The molecule has 160 valence electrons. The van der Waals surface area contributed by atoms with E-state index >= 15 is 0 Å². The Bertz CT molecular complexity index is 1250. The van der Waals surface area contributed by atoms with Crippen LogP contribution < -0.4 is 9.64 Å². The van der Waals surface area contributed by atoms with E-state index in [9.17, 15) is 24.8 Å². The summed E-state index contributed by atoms with van der Waals surface area (Å²) < 4.78 is 5.38. The Hall–Kier alpha value is -4.46. The third-order valence-electron chi connectivity index (χ3n) is 5.23. The first-order valence-electron chi connectivity index (χ1n) is 9.68. The van der Waals surface area contributed by atoms with Gasteiger partial charge in [0.25, 0.3) is 17.4 Å². The van der Waals surface area contributed by atoms with E-state index in [1.165, 1.54) is 30.2 Å². The summed E-state index contributed by atoms with van der Waals surface area (Å²) in [4.78, 5) is 38.3. The standard InChI is InChI=1S/C24H18N2O6/c1-32-19-13-6-5-12-18(19)25-21(16-10-7-11-17(14-16)26(30)31)20(23(28)24(25)29)22(27)15-8-3-2-4-9-15/h2-14,21,27H,1H3/t21-/m0/s1. The number of rotatable bonds is 5. The zero-order valence-corrected chi connectivity index (χ0v) is 17.0. The summed E-state index contributed by atoms with van der Waals surface area (Å²) in [7, 11) is 1.43. The molecule has 32 heavy (non-hydrogen) atoms. The van der Waals surface area contributed by atoms with Gasteiger partial charge < -0.3 is 9.84 Å². The van der Waals surface area contributed by atoms with Gasteiger partial charge in [-0.05, 0) is 17.7 Å². The van der Waals surface area contributed by atoms with Gasteiger partial charge in [-0.2, -0.15) is 0 Å². The van der Waals surface area contributed by atoms with E-state index in [2.05, 4.69) is 0 Å². The number of benzene rings is 3. The highest BCUT2D eigenvalue weighted by Gasteiger charge is 2.48. The molecule has 1 aliphatic rings. The van der Waals surface area contributed by atoms with Gasteiger partial charge in [0.15, 0.2) is 0 Å². The first-order chi connectivity index (χ1) is 15.4. The van der Waals surface area contributed by atoms with Gasteiger partial charge in [-0.15, -0.1) is 0 Å². The van der Waals surface area contributed by atoms with Crippen molar-refractivity contribution in [3.8, 4) is 5.75 Å². The molecular weight excluding hydrogens is 412 g/mol. The average Bonchev–Trinajstić information content (AvgIpc) is 3.09. The zero-order chi connectivity index (χ0) is 22.8. The molecule has 1 heterocycles. The number of ketones is 1. The number of aliphatic hydroxyl groups excluding tert-OH is 1. The van der Waals surface area contributed by atoms with Crippen molar-refractivity contribution < 1.29 is 24.4 Å². The quantitative estimate of drug-likeness (QED) is 0.213. The molecule has 0 radical (unpaired) electrons. The second kappa shape index (κ2) is 8.35. The summed E-state index contributed by atoms with van der Waals surface area (Å²) in [6, 6.07) is 19.5. The predicted molar refractivity (Wildman–Crippen MR) is 117 cm³/mol. The number of para-hydroxylation sites is 2. The largest absolute Gasteiger partial charge is 0.507 e. The first kappa shape index (κ1) is 20.8. The lowest BCUT2D eigenvalue weighted by atomic mass is 9.94. The SMILES string of the molecule is COc1ccccc1N1C(=O)C(=O)C(=C(O)c2ccccc2)[C@@H]1c1cccc([N+](=O)[O-])c1. The van der Waals surface area contributed by atoms with Crippen LogP contribution in [0.4, 0.5) is 11.4 Å². The zero-order valence-electron chi connectivity index (χ0n) is 17.0. The van der Waals surface area contributed by atoms with Crippen LogP contribution in [0.5, 0.6) is 5.75 Å². The second-order valence-corrected chi connectivity index (χ2v) is 7.06. The predicted octanol–water partition coefficient (Wildman–Crippen LogP) is 4.23. The minimum Gasteiger partial charge on any atom is -0.507 e. The highest BCUT2D eigenvalue weighted by molar-refractivity contribution is 6.51. The Kier molecular flexibility index (Phi) is 5.43. The number of non-ortho nitro benzene ring substituents is 1. The number of nitro benzene ring substituents is 1. The number of nitro groups is 1. The maximum atomic E-state index is 13.2. The van der Waals surface area contributed by atoms with Gasteiger partial charge in [0.05, 0.1) is 29.3 Å². The topological polar surface area (TPSA) is 110 Å². The molecule has 3 aromatic rings. The van der Waals surface area contributed by atoms with Gasteiger partial charge in [-0.3, -0.25) is 24.6 Å². The molecule has 1 N–H and O–H groups in total. The van der Waals surface area contributed by atoms with Crippen LogP contribution in [0, 0.1) is 10.1 Å². The Morgan fingerprint density at radius 1 is 1.00 bits per heavy atom. The number of nitrogens with zero attached hydrogens (tertiary/aromatic N) is 2. The molecular formula is C24H18N2O6. The summed E-state index contributed by atoms with van der Waals surface area (Å²) in [6.45, 7) is 0. The van der Waals surface area contributed by atoms with Crippen molar-refractivity contribution in [1.29, 1.82) is 0 Å². The minimum atomic E-state index is -1.09. The molecule has 1 atom stereocenters. The molecule has 1 amide bonds. The van der Waals surface area contributed by atoms with E-state index in [4.69, 9.17) is 4.74 Å². The third kappa shape index (κ3) is 3.47. The molecule has 0 unspecified atom stereocenters. The molecule has 8 heteroatoms. The summed E-state index contributed by atoms with van der Waals surface area (Å²) >= 11 is 0. The van der Waals surface area contributed by atoms with E-state index in [1.54, 1.807) is 60.7 Å². The summed E-state index contributed by atoms with van der Waals surface area (Å²) in [6.07, 6.45) is 0. The van der Waals surface area contributed by atoms with Crippen LogP contribution in [0.25, 0.3) is 5.76 Å². The number of Topliss-reactive ketones (excluding diaryl/α,β-unsaturated/α-hetero) is 1. The lowest BCUT2D eigenvalue weighted by molar-refractivity contribution is -0.384. The van der Waals surface area contributed by atoms with E-state index < -0.39 is 22.7 Å². The van der Waals surface area contributed by atoms with E-state index in [1.807, 2.05) is 0 Å². The molecule has 0 aliphatic carbocycles. The molecule has 4 rings (SSSR count). The van der Waals surface area contributed by atoms with Gasteiger partial charge in [-0.25, -0.2) is 0 Å². The number of hydrogen-bond donors (Lipinski definition) is 1. The molecule has 0 spiro atoms. The van der Waals surface area contributed by atoms with Gasteiger partial charge in [0.1, 0.15) is 11.5 Å². The molecule has 0 bridgehead atoms. The Morgan fingerprint density at radius 2 is 1.69 bits per heavy atom. The highest BCUT2D eigenvalue weighted by Crippen LogP contribution is 2.45. The summed E-state index contributed by atoms with van der Waals surface area (Å²) in [5, 5.41) is 22.4. The average molecular weight is 430 g/mol. The van der Waals surface area contributed by atoms with E-state index in [0.29, 0.717) is 22.6 Å². The van der Waals surface area contributed by atoms with Crippen molar-refractivity contribution in [2.45, 2.75) is 6.04 Å². The fraction of sp³-hybridized carbons (Fsp3) is 0.0833. The van der Waals surface area contributed by atoms with Crippen molar-refractivity contribution in [2.24, 2.45) is 0 Å². The van der Waals surface area contributed by atoms with Crippen molar-refractivity contribution in [2.75, 3.05) is 12.0 Å². The van der Waals surface area contributed by atoms with E-state index in [0.717, 1.165) is 0 Å². The van der Waals surface area contributed by atoms with E-state index in [-0.39, 0.29) is 17.0 Å². The number of amides is 1. The monoisotopic (exact) mass is 430 g/mol. The molecule has 0 aromatic heterocycles. The number of anilines is 1. The third-order valence-corrected chi connectivity index (χ3v) is 5.23. The number of methoxy groups -OCH3 is 1. The molecule has 1 aliphatic heterocycles. The highest BCUT2D eigenvalue weighted by atomic mass is 16.6. The smallest absolute Gasteiger partial charge is 0.300 e. The van der Waals surface area contributed by atoms with Crippen LogP contribution in [-0.4, -0.2) is 28.8 Å². The molecule has 3 aromatic carbocycles. The van der Waals surface area contributed by atoms with Crippen LogP contribution in [0.3, 0.4) is 0 Å². The van der Waals surface area contributed by atoms with Gasteiger partial charge >= 0.3 is 0 Å². The van der Waals surface area contributed by atoms with Crippen LogP contribution in [0.1, 0.15) is 17.2 Å². The molecule has 1 saturated heterocycles. The number of carbonyl (C=O) groups is 2. The van der Waals surface area contributed by atoms with Crippen LogP contribution in [-0.2, 0) is 9.59 Å². The molecule has 8 nitrogen and oxygen atoms in total. The first-order valence-corrected chi connectivity index (χ1v) is 9.68.